The molecule has 0 radical (unpaired) electrons. The molecule has 0 saturated heterocycles. The number of carboxylic acids is 1. The van der Waals surface area contributed by atoms with E-state index >= 15 is 0 Å². The number of aliphatic carboxylic acids is 1. The fraction of sp³-hybridized carbons (Fsp3) is 0.429. The zero-order chi connectivity index (χ0) is 14.1. The van der Waals surface area contributed by atoms with Crippen molar-refractivity contribution in [2.24, 2.45) is 0 Å². The monoisotopic (exact) mass is 265 g/mol. The fourth-order valence-electron chi connectivity index (χ4n) is 1.59. The van der Waals surface area contributed by atoms with E-state index in [2.05, 4.69) is 5.32 Å². The number of nitrogens with one attached hydrogen (secondary N) is 1. The molecular weight excluding hydrogens is 246 g/mol. The molecule has 2 N–H and O–H groups in total. The number of rotatable bonds is 8. The highest BCUT2D eigenvalue weighted by molar-refractivity contribution is 5.75. The number of methoxy groups -OCH3 is 1. The Bertz CT molecular complexity index is 414. The molecule has 0 bridgehead atoms. The molecule has 0 aliphatic rings. The molecule has 104 valence electrons. The van der Waals surface area contributed by atoms with Crippen molar-refractivity contribution in [2.45, 2.75) is 32.2 Å². The second-order valence-electron chi connectivity index (χ2n) is 4.23. The van der Waals surface area contributed by atoms with Crippen LogP contribution in [0.25, 0.3) is 0 Å². The first-order valence-corrected chi connectivity index (χ1v) is 6.23. The Kier molecular flexibility index (Phi) is 6.43. The summed E-state index contributed by atoms with van der Waals surface area (Å²) in [5.74, 6) is -0.0939. The highest BCUT2D eigenvalue weighted by Crippen LogP contribution is 2.11. The van der Waals surface area contributed by atoms with Gasteiger partial charge in [0.15, 0.2) is 0 Å². The molecule has 0 aromatic heterocycles. The number of ether oxygens (including phenoxy) is 1. The molecule has 0 spiro atoms. The maximum atomic E-state index is 11.5. The van der Waals surface area contributed by atoms with Crippen LogP contribution in [0.5, 0.6) is 5.75 Å². The van der Waals surface area contributed by atoms with Crippen molar-refractivity contribution in [3.8, 4) is 5.75 Å². The van der Waals surface area contributed by atoms with Crippen molar-refractivity contribution >= 4 is 11.9 Å². The van der Waals surface area contributed by atoms with Crippen molar-refractivity contribution in [1.82, 2.24) is 5.32 Å². The summed E-state index contributed by atoms with van der Waals surface area (Å²) in [5, 5.41) is 11.3. The van der Waals surface area contributed by atoms with Gasteiger partial charge in [-0.3, -0.25) is 9.59 Å². The SMILES string of the molecule is COc1ccc(CNC(=O)CCCCC(=O)O)cc1. The Morgan fingerprint density at radius 1 is 1.16 bits per heavy atom. The summed E-state index contributed by atoms with van der Waals surface area (Å²) >= 11 is 0. The maximum absolute atomic E-state index is 11.5. The molecule has 0 heterocycles. The van der Waals surface area contributed by atoms with Gasteiger partial charge in [-0.2, -0.15) is 0 Å². The number of carbonyl (C=O) groups is 2. The van der Waals surface area contributed by atoms with Gasteiger partial charge in [0.1, 0.15) is 5.75 Å². The second kappa shape index (κ2) is 8.13. The van der Waals surface area contributed by atoms with Crippen LogP contribution in [-0.2, 0) is 16.1 Å². The third-order valence-electron chi connectivity index (χ3n) is 2.69. The minimum atomic E-state index is -0.821. The zero-order valence-corrected chi connectivity index (χ0v) is 11.0. The van der Waals surface area contributed by atoms with Gasteiger partial charge in [0.05, 0.1) is 7.11 Å². The van der Waals surface area contributed by atoms with Crippen LogP contribution >= 0.6 is 0 Å². The number of carboxylic acid groups (broad SMARTS) is 1. The molecule has 5 nitrogen and oxygen atoms in total. The lowest BCUT2D eigenvalue weighted by Gasteiger charge is -2.06. The van der Waals surface area contributed by atoms with Crippen molar-refractivity contribution in [3.63, 3.8) is 0 Å². The van der Waals surface area contributed by atoms with Crippen LogP contribution < -0.4 is 10.1 Å². The molecule has 19 heavy (non-hydrogen) atoms. The average molecular weight is 265 g/mol. The number of hydrogen-bond donors (Lipinski definition) is 2. The number of amides is 1. The van der Waals surface area contributed by atoms with E-state index in [1.165, 1.54) is 0 Å². The van der Waals surface area contributed by atoms with Crippen LogP contribution in [0, 0.1) is 0 Å². The molecule has 0 aliphatic carbocycles. The van der Waals surface area contributed by atoms with Gasteiger partial charge < -0.3 is 15.2 Å². The minimum absolute atomic E-state index is 0.0544. The Hall–Kier alpha value is -2.04. The Morgan fingerprint density at radius 3 is 2.37 bits per heavy atom. The Balaban J connectivity index is 2.20. The molecule has 1 aromatic rings. The molecule has 0 fully saturated rings. The summed E-state index contributed by atoms with van der Waals surface area (Å²) in [7, 11) is 1.61. The topological polar surface area (TPSA) is 75.6 Å². The van der Waals surface area contributed by atoms with E-state index in [0.29, 0.717) is 25.8 Å². The molecule has 5 heteroatoms. The van der Waals surface area contributed by atoms with Gasteiger partial charge in [0, 0.05) is 19.4 Å². The quantitative estimate of drug-likeness (QED) is 0.704. The molecule has 0 saturated carbocycles. The van der Waals surface area contributed by atoms with E-state index < -0.39 is 5.97 Å². The van der Waals surface area contributed by atoms with E-state index in [4.69, 9.17) is 9.84 Å². The number of unbranched alkanes of at least 4 members (excludes halogenated alkanes) is 1. The molecule has 1 aromatic carbocycles. The van der Waals surface area contributed by atoms with Crippen molar-refractivity contribution < 1.29 is 19.4 Å². The van der Waals surface area contributed by atoms with Gasteiger partial charge >= 0.3 is 5.97 Å². The van der Waals surface area contributed by atoms with Crippen molar-refractivity contribution in [2.75, 3.05) is 7.11 Å². The van der Waals surface area contributed by atoms with E-state index in [0.717, 1.165) is 11.3 Å². The van der Waals surface area contributed by atoms with Crippen LogP contribution in [0.15, 0.2) is 24.3 Å². The number of carbonyl (C=O) groups excluding carboxylic acids is 1. The molecule has 1 amide bonds. The van der Waals surface area contributed by atoms with Gasteiger partial charge in [-0.05, 0) is 30.5 Å². The largest absolute Gasteiger partial charge is 0.497 e. The normalized spacial score (nSPS) is 9.95. The maximum Gasteiger partial charge on any atom is 0.303 e. The van der Waals surface area contributed by atoms with Crippen LogP contribution in [-0.4, -0.2) is 24.1 Å². The molecule has 0 aliphatic heterocycles. The molecular formula is C14H19NO4. The van der Waals surface area contributed by atoms with Gasteiger partial charge in [-0.15, -0.1) is 0 Å². The first kappa shape index (κ1) is 15.0. The Morgan fingerprint density at radius 2 is 1.79 bits per heavy atom. The third kappa shape index (κ3) is 6.45. The lowest BCUT2D eigenvalue weighted by molar-refractivity contribution is -0.137. The summed E-state index contributed by atoms with van der Waals surface area (Å²) in [6, 6.07) is 7.47. The van der Waals surface area contributed by atoms with E-state index in [1.54, 1.807) is 7.11 Å². The first-order chi connectivity index (χ1) is 9.11. The van der Waals surface area contributed by atoms with Crippen LogP contribution in [0.4, 0.5) is 0 Å². The second-order valence-corrected chi connectivity index (χ2v) is 4.23. The predicted molar refractivity (Wildman–Crippen MR) is 70.9 cm³/mol. The molecule has 1 rings (SSSR count). The number of benzene rings is 1. The lowest BCUT2D eigenvalue weighted by Crippen LogP contribution is -2.22. The highest BCUT2D eigenvalue weighted by atomic mass is 16.5. The highest BCUT2D eigenvalue weighted by Gasteiger charge is 2.03. The van der Waals surface area contributed by atoms with E-state index in [1.807, 2.05) is 24.3 Å². The lowest BCUT2D eigenvalue weighted by atomic mass is 10.2. The smallest absolute Gasteiger partial charge is 0.303 e. The zero-order valence-electron chi connectivity index (χ0n) is 11.0. The standard InChI is InChI=1S/C14H19NO4/c1-19-12-8-6-11(7-9-12)10-15-13(16)4-2-3-5-14(17)18/h6-9H,2-5,10H2,1H3,(H,15,16)(H,17,18). The van der Waals surface area contributed by atoms with Crippen molar-refractivity contribution in [1.29, 1.82) is 0 Å². The number of hydrogen-bond acceptors (Lipinski definition) is 3. The van der Waals surface area contributed by atoms with Crippen LogP contribution in [0.2, 0.25) is 0 Å². The fourth-order valence-corrected chi connectivity index (χ4v) is 1.59. The summed E-state index contributed by atoms with van der Waals surface area (Å²) in [6.07, 6.45) is 1.61. The average Bonchev–Trinajstić information content (AvgIpc) is 2.41. The van der Waals surface area contributed by atoms with E-state index in [-0.39, 0.29) is 12.3 Å². The summed E-state index contributed by atoms with van der Waals surface area (Å²) in [4.78, 5) is 21.8. The van der Waals surface area contributed by atoms with Crippen LogP contribution in [0.3, 0.4) is 0 Å². The van der Waals surface area contributed by atoms with Gasteiger partial charge in [0.25, 0.3) is 0 Å². The summed E-state index contributed by atoms with van der Waals surface area (Å²) in [6.45, 7) is 0.474. The Labute approximate surface area is 112 Å². The van der Waals surface area contributed by atoms with Crippen molar-refractivity contribution in [3.05, 3.63) is 29.8 Å². The van der Waals surface area contributed by atoms with Gasteiger partial charge in [0.2, 0.25) is 5.91 Å². The first-order valence-electron chi connectivity index (χ1n) is 6.23. The minimum Gasteiger partial charge on any atom is -0.497 e. The van der Waals surface area contributed by atoms with Gasteiger partial charge in [-0.25, -0.2) is 0 Å². The third-order valence-corrected chi connectivity index (χ3v) is 2.69. The predicted octanol–water partition coefficient (Wildman–Crippen LogP) is 1.96. The van der Waals surface area contributed by atoms with Gasteiger partial charge in [-0.1, -0.05) is 12.1 Å². The van der Waals surface area contributed by atoms with Crippen LogP contribution in [0.1, 0.15) is 31.2 Å². The summed E-state index contributed by atoms with van der Waals surface area (Å²) < 4.78 is 5.04. The van der Waals surface area contributed by atoms with E-state index in [9.17, 15) is 9.59 Å². The summed E-state index contributed by atoms with van der Waals surface area (Å²) in [5.41, 5.74) is 1.000. The molecule has 0 unspecified atom stereocenters. The molecule has 0 atom stereocenters.